The number of carbonyl (C=O) groups is 1. The van der Waals surface area contributed by atoms with Crippen molar-refractivity contribution in [3.63, 3.8) is 0 Å². The average molecular weight is 310 g/mol. The van der Waals surface area contributed by atoms with Crippen LogP contribution in [0.15, 0.2) is 25.0 Å². The second-order valence-corrected chi connectivity index (χ2v) is 5.33. The summed E-state index contributed by atoms with van der Waals surface area (Å²) < 4.78 is 32.7. The second kappa shape index (κ2) is 5.60. The fraction of sp³-hybridized carbons (Fsp3) is 0.500. The molecule has 2 fully saturated rings. The molecule has 6 nitrogen and oxygen atoms in total. The number of fused-ring (bicyclic) bond motifs is 1. The molecular formula is C14H16F2N4O2. The summed E-state index contributed by atoms with van der Waals surface area (Å²) in [6, 6.07) is -1.19. The molecular weight excluding hydrogens is 294 g/mol. The van der Waals surface area contributed by atoms with Crippen molar-refractivity contribution in [1.29, 1.82) is 0 Å². The van der Waals surface area contributed by atoms with E-state index in [9.17, 15) is 13.6 Å². The molecule has 1 aromatic heterocycles. The number of rotatable bonds is 4. The van der Waals surface area contributed by atoms with Crippen molar-refractivity contribution < 1.29 is 18.3 Å². The van der Waals surface area contributed by atoms with Gasteiger partial charge in [0.15, 0.2) is 0 Å². The first-order valence-corrected chi connectivity index (χ1v) is 7.01. The van der Waals surface area contributed by atoms with E-state index in [1.54, 1.807) is 0 Å². The van der Waals surface area contributed by atoms with Gasteiger partial charge < -0.3 is 15.0 Å². The zero-order chi connectivity index (χ0) is 15.7. The van der Waals surface area contributed by atoms with Gasteiger partial charge in [-0.05, 0) is 6.42 Å². The van der Waals surface area contributed by atoms with Crippen LogP contribution in [0.1, 0.15) is 16.8 Å². The van der Waals surface area contributed by atoms with Crippen LogP contribution >= 0.6 is 0 Å². The Labute approximate surface area is 126 Å². The summed E-state index contributed by atoms with van der Waals surface area (Å²) in [5.41, 5.74) is 0.178. The van der Waals surface area contributed by atoms with Crippen molar-refractivity contribution in [2.45, 2.75) is 24.4 Å². The summed E-state index contributed by atoms with van der Waals surface area (Å²) in [4.78, 5) is 21.2. The number of nitrogens with one attached hydrogen (secondary N) is 1. The predicted octanol–water partition coefficient (Wildman–Crippen LogP) is 1.01. The molecule has 0 radical (unpaired) electrons. The zero-order valence-electron chi connectivity index (χ0n) is 11.8. The maximum absolute atomic E-state index is 13.9. The van der Waals surface area contributed by atoms with E-state index in [0.717, 1.165) is 0 Å². The van der Waals surface area contributed by atoms with Crippen molar-refractivity contribution in [3.05, 3.63) is 30.6 Å². The number of esters is 1. The molecule has 2 aliphatic rings. The summed E-state index contributed by atoms with van der Waals surface area (Å²) in [7, 11) is 0. The van der Waals surface area contributed by atoms with E-state index in [2.05, 4.69) is 21.9 Å². The largest absolute Gasteiger partial charge is 0.458 e. The standard InChI is InChI=1S/C14H16F2N4O2/c1-2-5-22-12(21)9-6-17-13(18-7-9)20-4-3-10-11(20)14(15,16)8-19-10/h2,6-7,10-11,19H,1,3-5,8H2/t10-,11+/m0/s1. The van der Waals surface area contributed by atoms with E-state index in [1.807, 2.05) is 0 Å². The van der Waals surface area contributed by atoms with E-state index in [0.29, 0.717) is 13.0 Å². The summed E-state index contributed by atoms with van der Waals surface area (Å²) in [5, 5.41) is 2.83. The number of hydrogen-bond acceptors (Lipinski definition) is 6. The minimum atomic E-state index is -2.81. The zero-order valence-corrected chi connectivity index (χ0v) is 11.8. The van der Waals surface area contributed by atoms with Gasteiger partial charge in [0.25, 0.3) is 5.92 Å². The number of carbonyl (C=O) groups excluding carboxylic acids is 1. The molecule has 1 N–H and O–H groups in total. The molecule has 118 valence electrons. The van der Waals surface area contributed by atoms with E-state index in [4.69, 9.17) is 4.74 Å². The minimum Gasteiger partial charge on any atom is -0.458 e. The smallest absolute Gasteiger partial charge is 0.341 e. The highest BCUT2D eigenvalue weighted by molar-refractivity contribution is 5.88. The van der Waals surface area contributed by atoms with Crippen molar-refractivity contribution in [2.75, 3.05) is 24.6 Å². The minimum absolute atomic E-state index is 0.0916. The molecule has 2 saturated heterocycles. The average Bonchev–Trinajstić information content (AvgIpc) is 3.07. The fourth-order valence-corrected chi connectivity index (χ4v) is 2.92. The second-order valence-electron chi connectivity index (χ2n) is 5.33. The number of ether oxygens (including phenoxy) is 1. The van der Waals surface area contributed by atoms with Crippen LogP contribution in [0.25, 0.3) is 0 Å². The molecule has 2 atom stereocenters. The quantitative estimate of drug-likeness (QED) is 0.661. The van der Waals surface area contributed by atoms with Crippen LogP contribution in [-0.4, -0.2) is 53.6 Å². The first-order valence-electron chi connectivity index (χ1n) is 7.01. The topological polar surface area (TPSA) is 67.3 Å². The van der Waals surface area contributed by atoms with Gasteiger partial charge in [-0.25, -0.2) is 23.5 Å². The highest BCUT2D eigenvalue weighted by atomic mass is 19.3. The summed E-state index contributed by atoms with van der Waals surface area (Å²) in [6.07, 6.45) is 4.66. The molecule has 0 aliphatic carbocycles. The predicted molar refractivity (Wildman–Crippen MR) is 75.0 cm³/mol. The Morgan fingerprint density at radius 1 is 1.55 bits per heavy atom. The van der Waals surface area contributed by atoms with Gasteiger partial charge in [-0.2, -0.15) is 0 Å². The van der Waals surface area contributed by atoms with Gasteiger partial charge in [0, 0.05) is 25.0 Å². The van der Waals surface area contributed by atoms with E-state index < -0.39 is 17.9 Å². The van der Waals surface area contributed by atoms with Gasteiger partial charge >= 0.3 is 5.97 Å². The Balaban J connectivity index is 1.76. The number of hydrogen-bond donors (Lipinski definition) is 1. The van der Waals surface area contributed by atoms with E-state index >= 15 is 0 Å². The third kappa shape index (κ3) is 2.54. The van der Waals surface area contributed by atoms with Gasteiger partial charge in [-0.1, -0.05) is 12.7 Å². The molecule has 0 unspecified atom stereocenters. The van der Waals surface area contributed by atoms with Gasteiger partial charge in [0.2, 0.25) is 5.95 Å². The van der Waals surface area contributed by atoms with Crippen molar-refractivity contribution in [2.24, 2.45) is 0 Å². The lowest BCUT2D eigenvalue weighted by Crippen LogP contribution is -2.46. The Morgan fingerprint density at radius 3 is 2.95 bits per heavy atom. The Kier molecular flexibility index (Phi) is 3.78. The van der Waals surface area contributed by atoms with Crippen LogP contribution in [0.4, 0.5) is 14.7 Å². The van der Waals surface area contributed by atoms with Crippen LogP contribution in [0, 0.1) is 0 Å². The molecule has 1 aromatic rings. The van der Waals surface area contributed by atoms with E-state index in [1.165, 1.54) is 23.4 Å². The molecule has 3 heterocycles. The lowest BCUT2D eigenvalue weighted by molar-refractivity contribution is 0.00583. The summed E-state index contributed by atoms with van der Waals surface area (Å²) >= 11 is 0. The fourth-order valence-electron chi connectivity index (χ4n) is 2.92. The summed E-state index contributed by atoms with van der Waals surface area (Å²) in [6.45, 7) is 3.66. The molecule has 8 heteroatoms. The number of halogens is 2. The van der Waals surface area contributed by atoms with Gasteiger partial charge in [0.1, 0.15) is 12.6 Å². The number of aromatic nitrogens is 2. The SMILES string of the molecule is C=CCOC(=O)c1cnc(N2CC[C@@H]3NCC(F)(F)[C@@H]32)nc1. The number of anilines is 1. The molecule has 0 amide bonds. The van der Waals surface area contributed by atoms with Crippen molar-refractivity contribution in [1.82, 2.24) is 15.3 Å². The lowest BCUT2D eigenvalue weighted by atomic mass is 10.1. The monoisotopic (exact) mass is 310 g/mol. The van der Waals surface area contributed by atoms with Gasteiger partial charge in [-0.15, -0.1) is 0 Å². The van der Waals surface area contributed by atoms with Gasteiger partial charge in [-0.3, -0.25) is 0 Å². The van der Waals surface area contributed by atoms with Crippen LogP contribution < -0.4 is 10.2 Å². The molecule has 0 bridgehead atoms. The molecule has 0 spiro atoms. The Morgan fingerprint density at radius 2 is 2.27 bits per heavy atom. The first kappa shape index (κ1) is 14.8. The van der Waals surface area contributed by atoms with Crippen LogP contribution in [0.2, 0.25) is 0 Å². The highest BCUT2D eigenvalue weighted by Gasteiger charge is 2.56. The normalized spacial score (nSPS) is 25.8. The molecule has 0 aromatic carbocycles. The Bertz CT molecular complexity index is 579. The van der Waals surface area contributed by atoms with Crippen molar-refractivity contribution in [3.8, 4) is 0 Å². The third-order valence-electron chi connectivity index (χ3n) is 3.89. The number of nitrogens with zero attached hydrogens (tertiary/aromatic N) is 3. The highest BCUT2D eigenvalue weighted by Crippen LogP contribution is 2.37. The van der Waals surface area contributed by atoms with Crippen molar-refractivity contribution >= 4 is 11.9 Å². The molecule has 2 aliphatic heterocycles. The molecule has 0 saturated carbocycles. The maximum atomic E-state index is 13.9. The molecule has 3 rings (SSSR count). The van der Waals surface area contributed by atoms with E-state index in [-0.39, 0.29) is 30.7 Å². The first-order chi connectivity index (χ1) is 10.5. The summed E-state index contributed by atoms with van der Waals surface area (Å²) in [5.74, 6) is -3.18. The lowest BCUT2D eigenvalue weighted by Gasteiger charge is -2.27. The van der Waals surface area contributed by atoms with Crippen LogP contribution in [0.5, 0.6) is 0 Å². The number of alkyl halides is 2. The van der Waals surface area contributed by atoms with Crippen LogP contribution in [-0.2, 0) is 4.74 Å². The van der Waals surface area contributed by atoms with Crippen LogP contribution in [0.3, 0.4) is 0 Å². The Hall–Kier alpha value is -2.09. The third-order valence-corrected chi connectivity index (χ3v) is 3.89. The molecule has 22 heavy (non-hydrogen) atoms. The maximum Gasteiger partial charge on any atom is 0.341 e. The van der Waals surface area contributed by atoms with Gasteiger partial charge in [0.05, 0.1) is 12.1 Å².